The van der Waals surface area contributed by atoms with Crippen molar-refractivity contribution < 1.29 is 28.5 Å². The molecule has 2 unspecified atom stereocenters. The van der Waals surface area contributed by atoms with E-state index in [1.807, 2.05) is 38.1 Å². The Labute approximate surface area is 317 Å². The van der Waals surface area contributed by atoms with Crippen molar-refractivity contribution in [3.63, 3.8) is 0 Å². The van der Waals surface area contributed by atoms with Crippen LogP contribution in [0.15, 0.2) is 72.8 Å². The molecule has 0 aromatic heterocycles. The van der Waals surface area contributed by atoms with Crippen molar-refractivity contribution in [1.82, 2.24) is 0 Å². The Morgan fingerprint density at radius 2 is 1.11 bits per heavy atom. The van der Waals surface area contributed by atoms with Crippen LogP contribution in [-0.2, 0) is 0 Å². The van der Waals surface area contributed by atoms with Crippen molar-refractivity contribution in [2.45, 2.75) is 13.8 Å². The van der Waals surface area contributed by atoms with E-state index in [4.69, 9.17) is 65.4 Å². The van der Waals surface area contributed by atoms with E-state index in [9.17, 15) is 9.59 Å². The standard InChI is InChI=1S/C17H17Cl2O3P.C15H13Cl2O3P.2Li.2H/c1-3-21-11-9-12(18)16(13(19)10-11)17(20)23-15-8-6-5-7-14(15)22-4-2;1-19-9-6-7-13(12(8-9)20-2)21-15(18)14-10(16)4-3-5-11(14)17;;;;/h5-10,23H,3-4H2,1-2H3;3-8,21H,1-2H3;;;;. The fourth-order valence-corrected chi connectivity index (χ4v) is 7.58. The molecule has 0 aliphatic rings. The monoisotopic (exact) mass is 728 g/mol. The van der Waals surface area contributed by atoms with Crippen LogP contribution < -0.4 is 29.6 Å². The summed E-state index contributed by atoms with van der Waals surface area (Å²) in [4.78, 5) is 25.1. The van der Waals surface area contributed by atoms with Crippen LogP contribution in [0.1, 0.15) is 34.6 Å². The first-order chi connectivity index (χ1) is 21.1. The fraction of sp³-hybridized carbons (Fsp3) is 0.188. The summed E-state index contributed by atoms with van der Waals surface area (Å²) in [5.74, 6) is 2.53. The van der Waals surface area contributed by atoms with Gasteiger partial charge in [0.1, 0.15) is 23.0 Å². The average Bonchev–Trinajstić information content (AvgIpc) is 2.98. The summed E-state index contributed by atoms with van der Waals surface area (Å²) in [5, 5.41) is 2.92. The van der Waals surface area contributed by atoms with Crippen LogP contribution in [0.5, 0.6) is 23.0 Å². The normalized spacial score (nSPS) is 10.4. The minimum atomic E-state index is -0.136. The Kier molecular flexibility index (Phi) is 20.0. The van der Waals surface area contributed by atoms with Crippen molar-refractivity contribution >= 4 is 123 Å². The Balaban J connectivity index is 0.000000442. The van der Waals surface area contributed by atoms with Gasteiger partial charge in [-0.25, -0.2) is 0 Å². The molecule has 2 atom stereocenters. The number of carbonyl (C=O) groups excluding carboxylic acids is 2. The second-order valence-electron chi connectivity index (χ2n) is 8.70. The summed E-state index contributed by atoms with van der Waals surface area (Å²) in [6.07, 6.45) is 0. The van der Waals surface area contributed by atoms with Gasteiger partial charge in [0.15, 0.2) is 11.0 Å². The molecule has 0 spiro atoms. The number of hydrogen-bond donors (Lipinski definition) is 0. The molecule has 0 heterocycles. The number of carbonyl (C=O) groups is 2. The van der Waals surface area contributed by atoms with E-state index < -0.39 is 0 Å². The maximum absolute atomic E-state index is 12.6. The summed E-state index contributed by atoms with van der Waals surface area (Å²) in [6, 6.07) is 21.0. The van der Waals surface area contributed by atoms with Crippen molar-refractivity contribution in [3.05, 3.63) is 104 Å². The van der Waals surface area contributed by atoms with E-state index in [0.717, 1.165) is 10.6 Å². The minimum absolute atomic E-state index is 0. The molecule has 0 fully saturated rings. The van der Waals surface area contributed by atoms with Crippen LogP contribution in [0, 0.1) is 0 Å². The molecule has 0 saturated heterocycles. The Morgan fingerprint density at radius 1 is 0.587 bits per heavy atom. The average molecular weight is 730 g/mol. The number of methoxy groups -OCH3 is 2. The van der Waals surface area contributed by atoms with Gasteiger partial charge in [-0.2, -0.15) is 0 Å². The molecule has 236 valence electrons. The second kappa shape index (κ2) is 21.6. The quantitative estimate of drug-likeness (QED) is 0.110. The van der Waals surface area contributed by atoms with Gasteiger partial charge < -0.3 is 18.9 Å². The Morgan fingerprint density at radius 3 is 1.63 bits per heavy atom. The van der Waals surface area contributed by atoms with E-state index in [-0.39, 0.29) is 65.9 Å². The van der Waals surface area contributed by atoms with Crippen LogP contribution in [-0.4, -0.2) is 76.2 Å². The molecule has 46 heavy (non-hydrogen) atoms. The molecule has 6 nitrogen and oxygen atoms in total. The first-order valence-corrected chi connectivity index (χ1v) is 16.8. The summed E-state index contributed by atoms with van der Waals surface area (Å²) in [6.45, 7) is 4.82. The van der Waals surface area contributed by atoms with Gasteiger partial charge >= 0.3 is 37.7 Å². The number of hydrogen-bond acceptors (Lipinski definition) is 6. The van der Waals surface area contributed by atoms with Gasteiger partial charge in [0.05, 0.1) is 58.7 Å². The summed E-state index contributed by atoms with van der Waals surface area (Å²) in [7, 11) is 2.87. The summed E-state index contributed by atoms with van der Waals surface area (Å²) < 4.78 is 21.4. The molecule has 0 N–H and O–H groups in total. The van der Waals surface area contributed by atoms with Gasteiger partial charge in [-0.1, -0.05) is 70.7 Å². The Bertz CT molecular complexity index is 1580. The van der Waals surface area contributed by atoms with Gasteiger partial charge in [0, 0.05) is 16.7 Å². The zero-order valence-corrected chi connectivity index (χ0v) is 29.3. The predicted molar refractivity (Wildman–Crippen MR) is 200 cm³/mol. The molecular formula is C32H32Cl4Li2O6P2. The summed E-state index contributed by atoms with van der Waals surface area (Å²) in [5.41, 5.74) is 0.405. The van der Waals surface area contributed by atoms with Crippen LogP contribution in [0.2, 0.25) is 20.1 Å². The summed E-state index contributed by atoms with van der Waals surface area (Å²) >= 11 is 24.6. The zero-order valence-electron chi connectivity index (χ0n) is 24.3. The van der Waals surface area contributed by atoms with Crippen LogP contribution in [0.4, 0.5) is 0 Å². The number of benzene rings is 4. The molecule has 14 heteroatoms. The van der Waals surface area contributed by atoms with Gasteiger partial charge in [0.25, 0.3) is 0 Å². The number of rotatable bonds is 12. The van der Waals surface area contributed by atoms with Crippen molar-refractivity contribution in [3.8, 4) is 23.0 Å². The molecule has 0 bridgehead atoms. The first-order valence-electron chi connectivity index (χ1n) is 13.3. The van der Waals surface area contributed by atoms with Crippen molar-refractivity contribution in [2.24, 2.45) is 0 Å². The number of para-hydroxylation sites is 1. The number of halogens is 4. The van der Waals surface area contributed by atoms with Crippen LogP contribution in [0.25, 0.3) is 0 Å². The zero-order chi connectivity index (χ0) is 32.2. The van der Waals surface area contributed by atoms with E-state index in [0.29, 0.717) is 67.4 Å². The SMILES string of the molecule is CCOc1cc(Cl)c(C(=O)Pc2ccccc2OCC)c(Cl)c1.COc1ccc(PC(=O)c2c(Cl)cccc2Cl)c(OC)c1.[LiH].[LiH]. The fourth-order valence-electron chi connectivity index (χ4n) is 3.85. The van der Waals surface area contributed by atoms with Crippen LogP contribution in [0.3, 0.4) is 0 Å². The third kappa shape index (κ3) is 12.0. The van der Waals surface area contributed by atoms with Crippen molar-refractivity contribution in [2.75, 3.05) is 27.4 Å². The van der Waals surface area contributed by atoms with Crippen LogP contribution >= 0.6 is 63.6 Å². The van der Waals surface area contributed by atoms with E-state index >= 15 is 0 Å². The number of ether oxygens (including phenoxy) is 4. The molecule has 4 aromatic rings. The van der Waals surface area contributed by atoms with Gasteiger partial charge in [-0.05, 0) is 73.5 Å². The topological polar surface area (TPSA) is 71.1 Å². The third-order valence-electron chi connectivity index (χ3n) is 5.84. The molecule has 0 aliphatic carbocycles. The van der Waals surface area contributed by atoms with Crippen molar-refractivity contribution in [1.29, 1.82) is 0 Å². The molecule has 4 aromatic carbocycles. The molecule has 0 saturated carbocycles. The van der Waals surface area contributed by atoms with E-state index in [1.54, 1.807) is 62.8 Å². The molecule has 4 rings (SSSR count). The molecule has 0 radical (unpaired) electrons. The van der Waals surface area contributed by atoms with Gasteiger partial charge in [-0.15, -0.1) is 0 Å². The molecular weight excluding hydrogens is 698 g/mol. The first kappa shape index (κ1) is 42.7. The molecule has 0 aliphatic heterocycles. The van der Waals surface area contributed by atoms with Gasteiger partial charge in [0.2, 0.25) is 0 Å². The maximum atomic E-state index is 12.6. The predicted octanol–water partition coefficient (Wildman–Crippen LogP) is 7.79. The molecule has 0 amide bonds. The second-order valence-corrected chi connectivity index (χ2v) is 12.8. The van der Waals surface area contributed by atoms with E-state index in [2.05, 4.69) is 0 Å². The van der Waals surface area contributed by atoms with E-state index in [1.165, 1.54) is 0 Å². The van der Waals surface area contributed by atoms with Gasteiger partial charge in [-0.3, -0.25) is 9.59 Å². The third-order valence-corrected chi connectivity index (χ3v) is 9.38. The Hall–Kier alpha value is -1.37.